The summed E-state index contributed by atoms with van der Waals surface area (Å²) in [6, 6.07) is 0.304. The minimum Gasteiger partial charge on any atom is -0.383 e. The van der Waals surface area contributed by atoms with Crippen molar-refractivity contribution in [2.75, 3.05) is 5.73 Å². The largest absolute Gasteiger partial charge is 0.383 e. The molecule has 2 aliphatic rings. The van der Waals surface area contributed by atoms with Crippen molar-refractivity contribution in [3.05, 3.63) is 17.1 Å². The van der Waals surface area contributed by atoms with E-state index >= 15 is 0 Å². The second kappa shape index (κ2) is 2.67. The molecule has 14 heavy (non-hydrogen) atoms. The van der Waals surface area contributed by atoms with Crippen LogP contribution in [0, 0.1) is 0 Å². The molecule has 1 unspecified atom stereocenters. The number of nitrogens with one attached hydrogen (secondary N) is 1. The van der Waals surface area contributed by atoms with Crippen molar-refractivity contribution in [3.8, 4) is 0 Å². The first-order valence-electron chi connectivity index (χ1n) is 5.15. The second-order valence-corrected chi connectivity index (χ2v) is 4.20. The highest BCUT2D eigenvalue weighted by Gasteiger charge is 2.30. The molecule has 1 aromatic heterocycles. The summed E-state index contributed by atoms with van der Waals surface area (Å²) in [5.74, 6) is 2.21. The summed E-state index contributed by atoms with van der Waals surface area (Å²) in [7, 11) is 0. The molecule has 1 aromatic rings. The normalized spacial score (nSPS) is 25.1. The zero-order chi connectivity index (χ0) is 9.71. The lowest BCUT2D eigenvalue weighted by molar-refractivity contribution is 0.632. The van der Waals surface area contributed by atoms with Crippen molar-refractivity contribution >= 4 is 5.82 Å². The van der Waals surface area contributed by atoms with E-state index in [1.807, 2.05) is 0 Å². The monoisotopic (exact) mass is 190 g/mol. The Bertz CT molecular complexity index is 384. The fraction of sp³-hybridized carbons (Fsp3) is 0.600. The van der Waals surface area contributed by atoms with E-state index in [9.17, 15) is 0 Å². The van der Waals surface area contributed by atoms with Crippen LogP contribution in [0.15, 0.2) is 0 Å². The van der Waals surface area contributed by atoms with Gasteiger partial charge in [0, 0.05) is 24.1 Å². The standard InChI is InChI=1S/C10H14N4/c1-5-8-7(4-12-5)13-10(6-2-3-6)14-9(8)11/h5-6,12H,2-4H2,1H3,(H2,11,13,14). The highest BCUT2D eigenvalue weighted by molar-refractivity contribution is 5.47. The van der Waals surface area contributed by atoms with Crippen LogP contribution in [0.2, 0.25) is 0 Å². The molecule has 1 atom stereocenters. The smallest absolute Gasteiger partial charge is 0.134 e. The van der Waals surface area contributed by atoms with Crippen LogP contribution >= 0.6 is 0 Å². The van der Waals surface area contributed by atoms with Gasteiger partial charge in [0.1, 0.15) is 11.6 Å². The number of hydrogen-bond donors (Lipinski definition) is 2. The van der Waals surface area contributed by atoms with Gasteiger partial charge in [-0.05, 0) is 19.8 Å². The highest BCUT2D eigenvalue weighted by atomic mass is 15.0. The molecule has 0 spiro atoms. The van der Waals surface area contributed by atoms with E-state index in [1.165, 1.54) is 12.8 Å². The Balaban J connectivity index is 2.10. The number of nitrogens with zero attached hydrogens (tertiary/aromatic N) is 2. The van der Waals surface area contributed by atoms with Gasteiger partial charge in [0.05, 0.1) is 5.69 Å². The van der Waals surface area contributed by atoms with Gasteiger partial charge in [-0.2, -0.15) is 0 Å². The Morgan fingerprint density at radius 1 is 1.36 bits per heavy atom. The molecule has 2 heterocycles. The van der Waals surface area contributed by atoms with E-state index < -0.39 is 0 Å². The number of hydrogen-bond acceptors (Lipinski definition) is 4. The van der Waals surface area contributed by atoms with Crippen LogP contribution in [-0.2, 0) is 6.54 Å². The molecular weight excluding hydrogens is 176 g/mol. The van der Waals surface area contributed by atoms with Gasteiger partial charge < -0.3 is 11.1 Å². The van der Waals surface area contributed by atoms with Gasteiger partial charge in [0.2, 0.25) is 0 Å². The van der Waals surface area contributed by atoms with Crippen LogP contribution in [0.3, 0.4) is 0 Å². The lowest BCUT2D eigenvalue weighted by atomic mass is 10.1. The Morgan fingerprint density at radius 3 is 2.86 bits per heavy atom. The summed E-state index contributed by atoms with van der Waals surface area (Å²) >= 11 is 0. The molecule has 0 bridgehead atoms. The Hall–Kier alpha value is -1.16. The van der Waals surface area contributed by atoms with Crippen LogP contribution in [0.25, 0.3) is 0 Å². The highest BCUT2D eigenvalue weighted by Crippen LogP contribution is 2.39. The molecular formula is C10H14N4. The molecule has 3 rings (SSSR count). The number of nitrogen functional groups attached to an aromatic ring is 1. The third kappa shape index (κ3) is 1.10. The molecule has 1 aliphatic carbocycles. The first-order chi connectivity index (χ1) is 6.75. The van der Waals surface area contributed by atoms with Crippen molar-refractivity contribution in [1.82, 2.24) is 15.3 Å². The molecule has 0 aromatic carbocycles. The van der Waals surface area contributed by atoms with Crippen molar-refractivity contribution in [2.24, 2.45) is 0 Å². The van der Waals surface area contributed by atoms with Gasteiger partial charge in [-0.15, -0.1) is 0 Å². The second-order valence-electron chi connectivity index (χ2n) is 4.20. The Kier molecular flexibility index (Phi) is 1.56. The van der Waals surface area contributed by atoms with Gasteiger partial charge in [0.15, 0.2) is 0 Å². The minimum atomic E-state index is 0.304. The fourth-order valence-electron chi connectivity index (χ4n) is 2.04. The molecule has 0 saturated heterocycles. The predicted molar refractivity (Wildman–Crippen MR) is 53.7 cm³/mol. The third-order valence-electron chi connectivity index (χ3n) is 3.02. The number of fused-ring (bicyclic) bond motifs is 1. The summed E-state index contributed by atoms with van der Waals surface area (Å²) in [6.07, 6.45) is 2.45. The van der Waals surface area contributed by atoms with Gasteiger partial charge in [0.25, 0.3) is 0 Å². The van der Waals surface area contributed by atoms with Crippen LogP contribution in [-0.4, -0.2) is 9.97 Å². The van der Waals surface area contributed by atoms with Gasteiger partial charge in [-0.25, -0.2) is 9.97 Å². The number of nitrogens with two attached hydrogens (primary N) is 1. The maximum atomic E-state index is 5.94. The van der Waals surface area contributed by atoms with E-state index in [0.29, 0.717) is 17.8 Å². The van der Waals surface area contributed by atoms with E-state index in [-0.39, 0.29) is 0 Å². The number of rotatable bonds is 1. The average molecular weight is 190 g/mol. The van der Waals surface area contributed by atoms with Gasteiger partial charge in [-0.1, -0.05) is 0 Å². The first-order valence-corrected chi connectivity index (χ1v) is 5.15. The van der Waals surface area contributed by atoms with Gasteiger partial charge in [-0.3, -0.25) is 0 Å². The SMILES string of the molecule is CC1NCc2nc(C3CC3)nc(N)c21. The molecule has 3 N–H and O–H groups in total. The quantitative estimate of drug-likeness (QED) is 0.696. The molecule has 4 heteroatoms. The lowest BCUT2D eigenvalue weighted by Gasteiger charge is -2.08. The zero-order valence-corrected chi connectivity index (χ0v) is 8.25. The first kappa shape index (κ1) is 8.17. The van der Waals surface area contributed by atoms with E-state index in [4.69, 9.17) is 5.73 Å². The number of anilines is 1. The topological polar surface area (TPSA) is 63.8 Å². The summed E-state index contributed by atoms with van der Waals surface area (Å²) in [5, 5.41) is 3.33. The van der Waals surface area contributed by atoms with Crippen LogP contribution in [0.4, 0.5) is 5.82 Å². The molecule has 0 amide bonds. The maximum absolute atomic E-state index is 5.94. The molecule has 0 radical (unpaired) electrons. The zero-order valence-electron chi connectivity index (χ0n) is 8.25. The molecule has 1 saturated carbocycles. The average Bonchev–Trinajstić information content (AvgIpc) is 2.92. The summed E-state index contributed by atoms with van der Waals surface area (Å²) in [4.78, 5) is 8.96. The fourth-order valence-corrected chi connectivity index (χ4v) is 2.04. The van der Waals surface area contributed by atoms with Crippen molar-refractivity contribution in [2.45, 2.75) is 38.3 Å². The van der Waals surface area contributed by atoms with E-state index in [1.54, 1.807) is 0 Å². The van der Waals surface area contributed by atoms with E-state index in [0.717, 1.165) is 23.6 Å². The molecule has 74 valence electrons. The van der Waals surface area contributed by atoms with Gasteiger partial charge >= 0.3 is 0 Å². The Labute approximate surface area is 82.9 Å². The molecule has 1 aliphatic heterocycles. The minimum absolute atomic E-state index is 0.304. The van der Waals surface area contributed by atoms with Crippen LogP contribution in [0.5, 0.6) is 0 Å². The summed E-state index contributed by atoms with van der Waals surface area (Å²) < 4.78 is 0. The lowest BCUT2D eigenvalue weighted by Crippen LogP contribution is -2.09. The number of aromatic nitrogens is 2. The van der Waals surface area contributed by atoms with E-state index in [2.05, 4.69) is 22.2 Å². The predicted octanol–water partition coefficient (Wildman–Crippen LogP) is 1.10. The summed E-state index contributed by atoms with van der Waals surface area (Å²) in [6.45, 7) is 2.94. The maximum Gasteiger partial charge on any atom is 0.134 e. The summed E-state index contributed by atoms with van der Waals surface area (Å²) in [5.41, 5.74) is 8.15. The van der Waals surface area contributed by atoms with Crippen LogP contribution < -0.4 is 11.1 Å². The Morgan fingerprint density at radius 2 is 2.14 bits per heavy atom. The van der Waals surface area contributed by atoms with Crippen molar-refractivity contribution in [1.29, 1.82) is 0 Å². The molecule has 4 nitrogen and oxygen atoms in total. The van der Waals surface area contributed by atoms with Crippen molar-refractivity contribution in [3.63, 3.8) is 0 Å². The third-order valence-corrected chi connectivity index (χ3v) is 3.02. The molecule has 1 fully saturated rings. The van der Waals surface area contributed by atoms with Crippen molar-refractivity contribution < 1.29 is 0 Å². The van der Waals surface area contributed by atoms with Crippen LogP contribution in [0.1, 0.15) is 48.8 Å².